The largest absolute Gasteiger partial charge is 0.383 e. The number of amides is 1. The van der Waals surface area contributed by atoms with Crippen LogP contribution in [-0.2, 0) is 11.1 Å². The molecule has 0 radical (unpaired) electrons. The summed E-state index contributed by atoms with van der Waals surface area (Å²) in [5.74, 6) is -2.23. The topological polar surface area (TPSA) is 101 Å². The first-order valence-electron chi connectivity index (χ1n) is 7.22. The lowest BCUT2D eigenvalue weighted by Gasteiger charge is -2.25. The van der Waals surface area contributed by atoms with Gasteiger partial charge in [0.1, 0.15) is 34.8 Å². The van der Waals surface area contributed by atoms with Crippen LogP contribution in [0.15, 0.2) is 29.0 Å². The molecule has 0 aliphatic carbocycles. The van der Waals surface area contributed by atoms with Gasteiger partial charge in [0.05, 0.1) is 12.1 Å². The van der Waals surface area contributed by atoms with Gasteiger partial charge in [-0.15, -0.1) is 0 Å². The minimum atomic E-state index is -1.73. The molecule has 1 amide bonds. The van der Waals surface area contributed by atoms with E-state index in [4.69, 9.17) is 10.3 Å². The van der Waals surface area contributed by atoms with Crippen molar-refractivity contribution in [3.8, 4) is 0 Å². The Kier molecular flexibility index (Phi) is 4.73. The number of halogens is 2. The molecule has 1 aromatic carbocycles. The fourth-order valence-corrected chi connectivity index (χ4v) is 2.23. The third-order valence-electron chi connectivity index (χ3n) is 3.53. The Morgan fingerprint density at radius 1 is 1.38 bits per heavy atom. The molecular weight excluding hydrogens is 320 g/mol. The number of carbonyl (C=O) groups is 1. The van der Waals surface area contributed by atoms with Crippen LogP contribution in [0.3, 0.4) is 0 Å². The summed E-state index contributed by atoms with van der Waals surface area (Å²) < 4.78 is 31.6. The molecule has 1 heterocycles. The highest BCUT2D eigenvalue weighted by Gasteiger charge is 2.30. The maximum atomic E-state index is 13.8. The molecule has 2 rings (SSSR count). The Labute approximate surface area is 137 Å². The van der Waals surface area contributed by atoms with Crippen molar-refractivity contribution in [1.29, 1.82) is 0 Å². The van der Waals surface area contributed by atoms with Crippen LogP contribution >= 0.6 is 0 Å². The van der Waals surface area contributed by atoms with E-state index in [1.165, 1.54) is 6.92 Å². The zero-order valence-corrected chi connectivity index (χ0v) is 13.6. The molecular formula is C16H19F2N3O3. The number of nitrogens with zero attached hydrogens (tertiary/aromatic N) is 1. The van der Waals surface area contributed by atoms with Gasteiger partial charge in [0.15, 0.2) is 0 Å². The maximum absolute atomic E-state index is 13.8. The maximum Gasteiger partial charge on any atom is 0.256 e. The molecule has 1 unspecified atom stereocenters. The summed E-state index contributed by atoms with van der Waals surface area (Å²) in [5, 5.41) is 16.6. The fourth-order valence-electron chi connectivity index (χ4n) is 2.23. The van der Waals surface area contributed by atoms with Crippen LogP contribution in [-0.4, -0.2) is 22.7 Å². The van der Waals surface area contributed by atoms with Crippen molar-refractivity contribution in [2.75, 3.05) is 6.54 Å². The van der Waals surface area contributed by atoms with E-state index in [-0.39, 0.29) is 23.4 Å². The van der Waals surface area contributed by atoms with Crippen molar-refractivity contribution in [3.05, 3.63) is 52.9 Å². The molecule has 8 heteroatoms. The van der Waals surface area contributed by atoms with Crippen molar-refractivity contribution in [1.82, 2.24) is 10.5 Å². The van der Waals surface area contributed by atoms with E-state index in [0.717, 1.165) is 18.4 Å². The second-order valence-electron chi connectivity index (χ2n) is 6.38. The summed E-state index contributed by atoms with van der Waals surface area (Å²) in [6.07, 6.45) is 1.15. The van der Waals surface area contributed by atoms with Crippen LogP contribution in [0.5, 0.6) is 0 Å². The quantitative estimate of drug-likeness (QED) is 0.771. The van der Waals surface area contributed by atoms with Crippen LogP contribution in [0.25, 0.3) is 0 Å². The molecule has 1 aromatic heterocycles. The first kappa shape index (κ1) is 18.0. The monoisotopic (exact) mass is 339 g/mol. The van der Waals surface area contributed by atoms with Gasteiger partial charge in [0.25, 0.3) is 5.91 Å². The van der Waals surface area contributed by atoms with E-state index in [9.17, 15) is 18.7 Å². The summed E-state index contributed by atoms with van der Waals surface area (Å²) in [6.45, 7) is 4.33. The minimum Gasteiger partial charge on any atom is -0.383 e. The molecule has 1 atom stereocenters. The van der Waals surface area contributed by atoms with Crippen LogP contribution < -0.4 is 11.1 Å². The smallest absolute Gasteiger partial charge is 0.256 e. The van der Waals surface area contributed by atoms with E-state index in [0.29, 0.717) is 6.07 Å². The predicted molar refractivity (Wildman–Crippen MR) is 82.0 cm³/mol. The summed E-state index contributed by atoms with van der Waals surface area (Å²) in [5.41, 5.74) is 3.53. The zero-order valence-electron chi connectivity index (χ0n) is 13.6. The number of aliphatic hydroxyl groups is 1. The van der Waals surface area contributed by atoms with Crippen molar-refractivity contribution >= 4 is 5.91 Å². The lowest BCUT2D eigenvalue weighted by atomic mass is 9.94. The van der Waals surface area contributed by atoms with E-state index in [1.807, 2.05) is 0 Å². The van der Waals surface area contributed by atoms with Crippen LogP contribution in [0, 0.1) is 11.6 Å². The number of benzene rings is 1. The van der Waals surface area contributed by atoms with Crippen molar-refractivity contribution in [2.24, 2.45) is 5.73 Å². The first-order chi connectivity index (χ1) is 11.0. The molecule has 0 aliphatic rings. The average molecular weight is 339 g/mol. The van der Waals surface area contributed by atoms with Gasteiger partial charge in [0.2, 0.25) is 0 Å². The molecule has 4 N–H and O–H groups in total. The molecule has 0 saturated heterocycles. The van der Waals surface area contributed by atoms with Crippen LogP contribution in [0.2, 0.25) is 0 Å². The van der Waals surface area contributed by atoms with Gasteiger partial charge in [-0.05, 0) is 26.8 Å². The first-order valence-corrected chi connectivity index (χ1v) is 7.22. The van der Waals surface area contributed by atoms with Gasteiger partial charge < -0.3 is 20.7 Å². The highest BCUT2D eigenvalue weighted by Crippen LogP contribution is 2.24. The number of carbonyl (C=O) groups excluding carboxylic acids is 1. The Bertz CT molecular complexity index is 751. The lowest BCUT2D eigenvalue weighted by molar-refractivity contribution is 0.0494. The van der Waals surface area contributed by atoms with Gasteiger partial charge in [0, 0.05) is 11.6 Å². The average Bonchev–Trinajstić information content (AvgIpc) is 2.94. The van der Waals surface area contributed by atoms with Crippen LogP contribution in [0.4, 0.5) is 8.78 Å². The third-order valence-corrected chi connectivity index (χ3v) is 3.53. The molecule has 6 nitrogen and oxygen atoms in total. The number of nitrogens with two attached hydrogens (primary N) is 1. The zero-order chi connectivity index (χ0) is 18.1. The fraction of sp³-hybridized carbons (Fsp3) is 0.375. The van der Waals surface area contributed by atoms with E-state index in [2.05, 4.69) is 10.5 Å². The summed E-state index contributed by atoms with van der Waals surface area (Å²) in [6, 6.07) is 2.83. The van der Waals surface area contributed by atoms with Gasteiger partial charge >= 0.3 is 0 Å². The summed E-state index contributed by atoms with van der Waals surface area (Å²) in [7, 11) is 0. The lowest BCUT2D eigenvalue weighted by Crippen LogP contribution is -2.40. The SMILES string of the molecule is CC(C)(N)c1nocc1C(=O)NCC(C)(O)c1ccc(F)cc1F. The Hall–Kier alpha value is -2.32. The highest BCUT2D eigenvalue weighted by atomic mass is 19.1. The highest BCUT2D eigenvalue weighted by molar-refractivity contribution is 5.95. The molecule has 0 fully saturated rings. The molecule has 0 aliphatic heterocycles. The summed E-state index contributed by atoms with van der Waals surface area (Å²) in [4.78, 5) is 12.3. The summed E-state index contributed by atoms with van der Waals surface area (Å²) >= 11 is 0. The van der Waals surface area contributed by atoms with Gasteiger partial charge in [-0.2, -0.15) is 0 Å². The van der Waals surface area contributed by atoms with Crippen LogP contribution in [0.1, 0.15) is 42.4 Å². The van der Waals surface area contributed by atoms with Gasteiger partial charge in [-0.25, -0.2) is 8.78 Å². The second-order valence-corrected chi connectivity index (χ2v) is 6.38. The van der Waals surface area contributed by atoms with Crippen molar-refractivity contribution < 1.29 is 23.2 Å². The third kappa shape index (κ3) is 3.77. The van der Waals surface area contributed by atoms with Gasteiger partial charge in [-0.1, -0.05) is 11.2 Å². The molecule has 130 valence electrons. The molecule has 0 bridgehead atoms. The Balaban J connectivity index is 2.15. The van der Waals surface area contributed by atoms with E-state index < -0.39 is 28.7 Å². The molecule has 0 saturated carbocycles. The standard InChI is InChI=1S/C16H19F2N3O3/c1-15(2,19)13-10(7-24-21-13)14(22)20-8-16(3,23)11-5-4-9(17)6-12(11)18/h4-7,23H,8,19H2,1-3H3,(H,20,22). The number of hydrogen-bond acceptors (Lipinski definition) is 5. The van der Waals surface area contributed by atoms with Crippen molar-refractivity contribution in [3.63, 3.8) is 0 Å². The Morgan fingerprint density at radius 2 is 2.04 bits per heavy atom. The normalized spacial score (nSPS) is 14.3. The minimum absolute atomic E-state index is 0.123. The second kappa shape index (κ2) is 6.29. The number of aromatic nitrogens is 1. The van der Waals surface area contributed by atoms with Crippen molar-refractivity contribution in [2.45, 2.75) is 31.9 Å². The molecule has 24 heavy (non-hydrogen) atoms. The molecule has 2 aromatic rings. The van der Waals surface area contributed by atoms with E-state index >= 15 is 0 Å². The predicted octanol–water partition coefficient (Wildman–Crippen LogP) is 1.78. The Morgan fingerprint density at radius 3 is 2.62 bits per heavy atom. The van der Waals surface area contributed by atoms with E-state index in [1.54, 1.807) is 13.8 Å². The number of nitrogens with one attached hydrogen (secondary N) is 1. The van der Waals surface area contributed by atoms with Gasteiger partial charge in [-0.3, -0.25) is 4.79 Å². The number of hydrogen-bond donors (Lipinski definition) is 3. The number of rotatable bonds is 5. The molecule has 0 spiro atoms.